The minimum atomic E-state index is 0.264. The molecule has 1 heterocycles. The maximum atomic E-state index is 6.17. The van der Waals surface area contributed by atoms with E-state index in [-0.39, 0.29) is 6.04 Å². The minimum absolute atomic E-state index is 0.264. The van der Waals surface area contributed by atoms with E-state index in [2.05, 4.69) is 52.6 Å². The van der Waals surface area contributed by atoms with E-state index in [0.717, 1.165) is 41.5 Å². The molecule has 0 saturated heterocycles. The van der Waals surface area contributed by atoms with Gasteiger partial charge in [0.15, 0.2) is 0 Å². The molecule has 0 bridgehead atoms. The molecule has 0 fully saturated rings. The highest BCUT2D eigenvalue weighted by Crippen LogP contribution is 2.36. The van der Waals surface area contributed by atoms with Gasteiger partial charge in [0, 0.05) is 22.4 Å². The first-order valence-corrected chi connectivity index (χ1v) is 9.67. The SMILES string of the molecule is CCN(CC)CCCN(CC)C(CN)c1cc(Br)c(Cl)s1. The summed E-state index contributed by atoms with van der Waals surface area (Å²) < 4.78 is 1.78. The first kappa shape index (κ1) is 19.4. The Morgan fingerprint density at radius 3 is 2.33 bits per heavy atom. The summed E-state index contributed by atoms with van der Waals surface area (Å²) in [6.07, 6.45) is 1.17. The molecule has 6 heteroatoms. The fraction of sp³-hybridized carbons (Fsp3) is 0.733. The number of likely N-dealkylation sites (N-methyl/N-ethyl adjacent to an activating group) is 1. The number of thiophene rings is 1. The topological polar surface area (TPSA) is 32.5 Å². The Labute approximate surface area is 146 Å². The fourth-order valence-corrected chi connectivity index (χ4v) is 4.43. The Hall–Kier alpha value is 0.350. The van der Waals surface area contributed by atoms with E-state index in [1.807, 2.05) is 0 Å². The molecule has 0 aliphatic heterocycles. The van der Waals surface area contributed by atoms with Crippen LogP contribution in [0.3, 0.4) is 0 Å². The van der Waals surface area contributed by atoms with Gasteiger partial charge in [-0.1, -0.05) is 32.4 Å². The van der Waals surface area contributed by atoms with E-state index >= 15 is 0 Å². The van der Waals surface area contributed by atoms with Crippen molar-refractivity contribution in [2.75, 3.05) is 39.3 Å². The van der Waals surface area contributed by atoms with Gasteiger partial charge in [-0.15, -0.1) is 11.3 Å². The predicted octanol–water partition coefficient (Wildman–Crippen LogP) is 4.22. The smallest absolute Gasteiger partial charge is 0.107 e. The zero-order valence-electron chi connectivity index (χ0n) is 13.2. The van der Waals surface area contributed by atoms with Crippen molar-refractivity contribution in [3.05, 3.63) is 19.8 Å². The van der Waals surface area contributed by atoms with Crippen LogP contribution in [0.15, 0.2) is 10.5 Å². The molecule has 3 nitrogen and oxygen atoms in total. The molecule has 0 radical (unpaired) electrons. The van der Waals surface area contributed by atoms with Gasteiger partial charge in [0.2, 0.25) is 0 Å². The maximum Gasteiger partial charge on any atom is 0.107 e. The van der Waals surface area contributed by atoms with Crippen LogP contribution in [0.5, 0.6) is 0 Å². The lowest BCUT2D eigenvalue weighted by Crippen LogP contribution is -2.35. The predicted molar refractivity (Wildman–Crippen MR) is 98.5 cm³/mol. The van der Waals surface area contributed by atoms with Crippen LogP contribution >= 0.6 is 38.9 Å². The zero-order chi connectivity index (χ0) is 15.8. The zero-order valence-corrected chi connectivity index (χ0v) is 16.4. The molecule has 0 aromatic carbocycles. The molecule has 1 atom stereocenters. The summed E-state index contributed by atoms with van der Waals surface area (Å²) in [5.74, 6) is 0. The van der Waals surface area contributed by atoms with Gasteiger partial charge in [-0.2, -0.15) is 0 Å². The number of halogens is 2. The third kappa shape index (κ3) is 5.81. The van der Waals surface area contributed by atoms with Crippen molar-refractivity contribution in [1.82, 2.24) is 9.80 Å². The average molecular weight is 397 g/mol. The van der Waals surface area contributed by atoms with Crippen molar-refractivity contribution in [3.63, 3.8) is 0 Å². The van der Waals surface area contributed by atoms with Gasteiger partial charge < -0.3 is 10.6 Å². The molecule has 2 N–H and O–H groups in total. The van der Waals surface area contributed by atoms with Crippen molar-refractivity contribution in [2.45, 2.75) is 33.2 Å². The third-order valence-electron chi connectivity index (χ3n) is 3.88. The number of nitrogens with two attached hydrogens (primary N) is 1. The molecule has 0 saturated carbocycles. The van der Waals surface area contributed by atoms with Crippen LogP contribution in [0, 0.1) is 0 Å². The van der Waals surface area contributed by atoms with Crippen LogP contribution in [0.4, 0.5) is 0 Å². The second kappa shape index (κ2) is 10.2. The Bertz CT molecular complexity index is 390. The molecule has 1 aromatic heterocycles. The molecular weight excluding hydrogens is 370 g/mol. The van der Waals surface area contributed by atoms with Crippen LogP contribution < -0.4 is 5.73 Å². The van der Waals surface area contributed by atoms with Gasteiger partial charge in [0.25, 0.3) is 0 Å². The van der Waals surface area contributed by atoms with Gasteiger partial charge in [0.05, 0.1) is 6.04 Å². The number of nitrogens with zero attached hydrogens (tertiary/aromatic N) is 2. The van der Waals surface area contributed by atoms with E-state index in [1.165, 1.54) is 11.3 Å². The maximum absolute atomic E-state index is 6.17. The molecule has 0 amide bonds. The van der Waals surface area contributed by atoms with Crippen molar-refractivity contribution < 1.29 is 0 Å². The summed E-state index contributed by atoms with van der Waals surface area (Å²) in [5, 5.41) is 0. The Morgan fingerprint density at radius 2 is 1.90 bits per heavy atom. The average Bonchev–Trinajstić information content (AvgIpc) is 2.81. The summed E-state index contributed by atoms with van der Waals surface area (Å²) in [7, 11) is 0. The fourth-order valence-electron chi connectivity index (χ4n) is 2.54. The lowest BCUT2D eigenvalue weighted by Gasteiger charge is -2.30. The van der Waals surface area contributed by atoms with E-state index in [9.17, 15) is 0 Å². The normalized spacial score (nSPS) is 13.3. The summed E-state index contributed by atoms with van der Waals surface area (Å²) in [6, 6.07) is 2.37. The lowest BCUT2D eigenvalue weighted by molar-refractivity contribution is 0.195. The first-order chi connectivity index (χ1) is 10.1. The van der Waals surface area contributed by atoms with Crippen molar-refractivity contribution in [1.29, 1.82) is 0 Å². The van der Waals surface area contributed by atoms with Gasteiger partial charge in [-0.05, 0) is 54.6 Å². The van der Waals surface area contributed by atoms with Crippen molar-refractivity contribution in [3.8, 4) is 0 Å². The summed E-state index contributed by atoms with van der Waals surface area (Å²) in [5.41, 5.74) is 6.02. The van der Waals surface area contributed by atoms with Gasteiger partial charge in [-0.25, -0.2) is 0 Å². The molecule has 1 rings (SSSR count). The highest BCUT2D eigenvalue weighted by Gasteiger charge is 2.20. The molecular formula is C15H27BrClN3S. The van der Waals surface area contributed by atoms with Crippen LogP contribution in [-0.2, 0) is 0 Å². The summed E-state index contributed by atoms with van der Waals surface area (Å²) in [6.45, 7) is 12.7. The number of hydrogen-bond acceptors (Lipinski definition) is 4. The van der Waals surface area contributed by atoms with Crippen LogP contribution in [0.25, 0.3) is 0 Å². The van der Waals surface area contributed by atoms with Crippen LogP contribution in [0.1, 0.15) is 38.1 Å². The first-order valence-electron chi connectivity index (χ1n) is 7.68. The van der Waals surface area contributed by atoms with Gasteiger partial charge in [0.1, 0.15) is 4.34 Å². The molecule has 1 aromatic rings. The monoisotopic (exact) mass is 395 g/mol. The van der Waals surface area contributed by atoms with Gasteiger partial charge >= 0.3 is 0 Å². The van der Waals surface area contributed by atoms with E-state index in [4.69, 9.17) is 17.3 Å². The number of hydrogen-bond donors (Lipinski definition) is 1. The Balaban J connectivity index is 2.63. The van der Waals surface area contributed by atoms with Crippen LogP contribution in [-0.4, -0.2) is 49.1 Å². The molecule has 0 aliphatic carbocycles. The second-order valence-electron chi connectivity index (χ2n) is 5.03. The summed E-state index contributed by atoms with van der Waals surface area (Å²) in [4.78, 5) is 6.17. The Kier molecular flexibility index (Phi) is 9.41. The molecule has 21 heavy (non-hydrogen) atoms. The van der Waals surface area contributed by atoms with Crippen LogP contribution in [0.2, 0.25) is 4.34 Å². The van der Waals surface area contributed by atoms with E-state index in [0.29, 0.717) is 6.54 Å². The van der Waals surface area contributed by atoms with Gasteiger partial charge in [-0.3, -0.25) is 4.90 Å². The summed E-state index contributed by atoms with van der Waals surface area (Å²) >= 11 is 11.3. The van der Waals surface area contributed by atoms with Crippen molar-refractivity contribution >= 4 is 38.9 Å². The second-order valence-corrected chi connectivity index (χ2v) is 7.57. The molecule has 122 valence electrons. The lowest BCUT2D eigenvalue weighted by atomic mass is 10.2. The molecule has 1 unspecified atom stereocenters. The van der Waals surface area contributed by atoms with E-state index in [1.54, 1.807) is 11.3 Å². The Morgan fingerprint density at radius 1 is 1.24 bits per heavy atom. The molecule has 0 spiro atoms. The standard InChI is InChI=1S/C15H27BrClN3S/c1-4-19(5-2)8-7-9-20(6-3)13(11-18)14-10-12(16)15(17)21-14/h10,13H,4-9,11,18H2,1-3H3. The number of rotatable bonds is 10. The highest BCUT2D eigenvalue weighted by atomic mass is 79.9. The quantitative estimate of drug-likeness (QED) is 0.642. The van der Waals surface area contributed by atoms with Crippen molar-refractivity contribution in [2.24, 2.45) is 5.73 Å². The minimum Gasteiger partial charge on any atom is -0.329 e. The largest absolute Gasteiger partial charge is 0.329 e. The highest BCUT2D eigenvalue weighted by molar-refractivity contribution is 9.10. The van der Waals surface area contributed by atoms with E-state index < -0.39 is 0 Å². The third-order valence-corrected chi connectivity index (χ3v) is 6.45. The molecule has 0 aliphatic rings.